The van der Waals surface area contributed by atoms with E-state index in [2.05, 4.69) is 0 Å². The van der Waals surface area contributed by atoms with Crippen molar-refractivity contribution < 1.29 is 19.0 Å². The molecule has 0 N–H and O–H groups in total. The Morgan fingerprint density at radius 3 is 2.48 bits per heavy atom. The van der Waals surface area contributed by atoms with E-state index in [-0.39, 0.29) is 17.8 Å². The second-order valence-electron chi connectivity index (χ2n) is 5.66. The summed E-state index contributed by atoms with van der Waals surface area (Å²) in [6, 6.07) is 15.5. The monoisotopic (exact) mass is 312 g/mol. The summed E-state index contributed by atoms with van der Waals surface area (Å²) in [5.74, 6) is 1.40. The van der Waals surface area contributed by atoms with Gasteiger partial charge in [0.15, 0.2) is 11.5 Å². The molecule has 2 aromatic rings. The molecule has 0 unspecified atom stereocenters. The highest BCUT2D eigenvalue weighted by molar-refractivity contribution is 5.77. The summed E-state index contributed by atoms with van der Waals surface area (Å²) in [6.45, 7) is 0.328. The standard InChI is InChI=1S/C19H20O4/c1-21-17-9-8-14(10-18(17)22-2)15-11-16(15)19(20)23-12-13-6-4-3-5-7-13/h3-10,15-16H,11-12H2,1-2H3/t15-,16+/m0/s1. The predicted octanol–water partition coefficient (Wildman–Crippen LogP) is 3.55. The van der Waals surface area contributed by atoms with Crippen molar-refractivity contribution in [2.24, 2.45) is 5.92 Å². The summed E-state index contributed by atoms with van der Waals surface area (Å²) < 4.78 is 16.0. The van der Waals surface area contributed by atoms with Crippen LogP contribution in [0.2, 0.25) is 0 Å². The first kappa shape index (κ1) is 15.4. The fourth-order valence-corrected chi connectivity index (χ4v) is 2.74. The number of methoxy groups -OCH3 is 2. The molecule has 23 heavy (non-hydrogen) atoms. The Kier molecular flexibility index (Phi) is 4.51. The van der Waals surface area contributed by atoms with E-state index in [1.807, 2.05) is 48.5 Å². The molecule has 4 nitrogen and oxygen atoms in total. The molecule has 1 aliphatic rings. The Labute approximate surface area is 136 Å². The first-order valence-electron chi connectivity index (χ1n) is 7.65. The Balaban J connectivity index is 1.59. The molecule has 0 heterocycles. The third kappa shape index (κ3) is 3.47. The van der Waals surface area contributed by atoms with Gasteiger partial charge < -0.3 is 14.2 Å². The van der Waals surface area contributed by atoms with Gasteiger partial charge in [0, 0.05) is 0 Å². The lowest BCUT2D eigenvalue weighted by atomic mass is 10.1. The zero-order chi connectivity index (χ0) is 16.2. The van der Waals surface area contributed by atoms with Gasteiger partial charge in [0.05, 0.1) is 20.1 Å². The van der Waals surface area contributed by atoms with Gasteiger partial charge in [0.1, 0.15) is 6.61 Å². The van der Waals surface area contributed by atoms with E-state index in [9.17, 15) is 4.79 Å². The van der Waals surface area contributed by atoms with Crippen molar-refractivity contribution in [2.75, 3.05) is 14.2 Å². The third-order valence-electron chi connectivity index (χ3n) is 4.15. The average molecular weight is 312 g/mol. The number of hydrogen-bond donors (Lipinski definition) is 0. The zero-order valence-electron chi connectivity index (χ0n) is 13.3. The first-order chi connectivity index (χ1) is 11.2. The van der Waals surface area contributed by atoms with Gasteiger partial charge in [-0.1, -0.05) is 36.4 Å². The van der Waals surface area contributed by atoms with E-state index in [0.717, 1.165) is 17.5 Å². The molecule has 0 bridgehead atoms. The number of benzene rings is 2. The summed E-state index contributed by atoms with van der Waals surface area (Å²) >= 11 is 0. The molecule has 0 aromatic heterocycles. The van der Waals surface area contributed by atoms with Gasteiger partial charge in [-0.15, -0.1) is 0 Å². The van der Waals surface area contributed by atoms with Crippen molar-refractivity contribution in [1.29, 1.82) is 0 Å². The second kappa shape index (κ2) is 6.73. The molecule has 4 heteroatoms. The molecule has 0 saturated heterocycles. The van der Waals surface area contributed by atoms with Crippen molar-refractivity contribution in [3.63, 3.8) is 0 Å². The maximum Gasteiger partial charge on any atom is 0.309 e. The van der Waals surface area contributed by atoms with Crippen LogP contribution in [0, 0.1) is 5.92 Å². The van der Waals surface area contributed by atoms with Crippen LogP contribution in [0.4, 0.5) is 0 Å². The van der Waals surface area contributed by atoms with Crippen molar-refractivity contribution in [3.8, 4) is 11.5 Å². The minimum atomic E-state index is -0.131. The van der Waals surface area contributed by atoms with Gasteiger partial charge >= 0.3 is 5.97 Å². The van der Waals surface area contributed by atoms with Gasteiger partial charge in [-0.2, -0.15) is 0 Å². The smallest absolute Gasteiger partial charge is 0.309 e. The molecular formula is C19H20O4. The minimum Gasteiger partial charge on any atom is -0.493 e. The molecule has 1 aliphatic carbocycles. The molecule has 1 saturated carbocycles. The fourth-order valence-electron chi connectivity index (χ4n) is 2.74. The molecule has 0 spiro atoms. The average Bonchev–Trinajstić information content (AvgIpc) is 3.40. The van der Waals surface area contributed by atoms with Crippen LogP contribution in [0.1, 0.15) is 23.5 Å². The van der Waals surface area contributed by atoms with E-state index in [1.54, 1.807) is 14.2 Å². The normalized spacial score (nSPS) is 19.0. The number of carbonyl (C=O) groups excluding carboxylic acids is 1. The molecule has 0 amide bonds. The number of rotatable bonds is 6. The van der Waals surface area contributed by atoms with Crippen LogP contribution >= 0.6 is 0 Å². The van der Waals surface area contributed by atoms with Crippen molar-refractivity contribution in [3.05, 3.63) is 59.7 Å². The maximum atomic E-state index is 12.2. The largest absolute Gasteiger partial charge is 0.493 e. The molecule has 2 aromatic carbocycles. The van der Waals surface area contributed by atoms with E-state index in [0.29, 0.717) is 18.1 Å². The van der Waals surface area contributed by atoms with Gasteiger partial charge in [0.25, 0.3) is 0 Å². The number of hydrogen-bond acceptors (Lipinski definition) is 4. The summed E-state index contributed by atoms with van der Waals surface area (Å²) in [4.78, 5) is 12.2. The molecule has 2 atom stereocenters. The molecule has 1 fully saturated rings. The summed E-state index contributed by atoms with van der Waals surface area (Å²) in [7, 11) is 3.22. The SMILES string of the molecule is COc1ccc([C@@H]2C[C@H]2C(=O)OCc2ccccc2)cc1OC. The molecule has 3 rings (SSSR count). The van der Waals surface area contributed by atoms with E-state index in [1.165, 1.54) is 0 Å². The lowest BCUT2D eigenvalue weighted by molar-refractivity contribution is -0.146. The Morgan fingerprint density at radius 2 is 1.78 bits per heavy atom. The molecule has 120 valence electrons. The zero-order valence-corrected chi connectivity index (χ0v) is 13.3. The minimum absolute atomic E-state index is 0.0585. The van der Waals surface area contributed by atoms with Crippen LogP contribution in [0.25, 0.3) is 0 Å². The number of carbonyl (C=O) groups is 1. The highest BCUT2D eigenvalue weighted by Crippen LogP contribution is 2.49. The van der Waals surface area contributed by atoms with E-state index < -0.39 is 0 Å². The van der Waals surface area contributed by atoms with Crippen molar-refractivity contribution >= 4 is 5.97 Å². The Hall–Kier alpha value is -2.49. The highest BCUT2D eigenvalue weighted by Gasteiger charge is 2.45. The van der Waals surface area contributed by atoms with Gasteiger partial charge in [-0.25, -0.2) is 0 Å². The van der Waals surface area contributed by atoms with Gasteiger partial charge in [0.2, 0.25) is 0 Å². The molecular weight excluding hydrogens is 292 g/mol. The number of esters is 1. The summed E-state index contributed by atoms with van der Waals surface area (Å²) in [6.07, 6.45) is 0.823. The van der Waals surface area contributed by atoms with Crippen LogP contribution in [0.5, 0.6) is 11.5 Å². The predicted molar refractivity (Wildman–Crippen MR) is 86.6 cm³/mol. The van der Waals surface area contributed by atoms with E-state index >= 15 is 0 Å². The van der Waals surface area contributed by atoms with Crippen LogP contribution < -0.4 is 9.47 Å². The maximum absolute atomic E-state index is 12.2. The van der Waals surface area contributed by atoms with Gasteiger partial charge in [-0.3, -0.25) is 4.79 Å². The fraction of sp³-hybridized carbons (Fsp3) is 0.316. The third-order valence-corrected chi connectivity index (χ3v) is 4.15. The molecule has 0 aliphatic heterocycles. The summed E-state index contributed by atoms with van der Waals surface area (Å²) in [5, 5.41) is 0. The molecule has 0 radical (unpaired) electrons. The van der Waals surface area contributed by atoms with Crippen molar-refractivity contribution in [1.82, 2.24) is 0 Å². The lowest BCUT2D eigenvalue weighted by Crippen LogP contribution is -2.08. The Morgan fingerprint density at radius 1 is 1.04 bits per heavy atom. The van der Waals surface area contributed by atoms with Crippen LogP contribution in [-0.2, 0) is 16.1 Å². The van der Waals surface area contributed by atoms with Crippen molar-refractivity contribution in [2.45, 2.75) is 18.9 Å². The van der Waals surface area contributed by atoms with Crippen LogP contribution in [0.3, 0.4) is 0 Å². The topological polar surface area (TPSA) is 44.8 Å². The van der Waals surface area contributed by atoms with Crippen LogP contribution in [-0.4, -0.2) is 20.2 Å². The highest BCUT2D eigenvalue weighted by atomic mass is 16.5. The quantitative estimate of drug-likeness (QED) is 0.765. The van der Waals surface area contributed by atoms with E-state index in [4.69, 9.17) is 14.2 Å². The van der Waals surface area contributed by atoms with Gasteiger partial charge in [-0.05, 0) is 35.6 Å². The summed E-state index contributed by atoms with van der Waals surface area (Å²) in [5.41, 5.74) is 2.09. The lowest BCUT2D eigenvalue weighted by Gasteiger charge is -2.09. The number of ether oxygens (including phenoxy) is 3. The Bertz CT molecular complexity index is 681. The second-order valence-corrected chi connectivity index (χ2v) is 5.66. The van der Waals surface area contributed by atoms with Crippen LogP contribution in [0.15, 0.2) is 48.5 Å². The first-order valence-corrected chi connectivity index (χ1v) is 7.65.